The van der Waals surface area contributed by atoms with Crippen LogP contribution in [0.15, 0.2) is 18.3 Å². The molecule has 0 bridgehead atoms. The molecule has 0 atom stereocenters. The van der Waals surface area contributed by atoms with Crippen molar-refractivity contribution in [2.75, 3.05) is 38.1 Å². The number of carbonyl (C=O) groups excluding carboxylic acids is 2. The number of hydrogen-bond acceptors (Lipinski definition) is 5. The fraction of sp³-hybridized carbons (Fsp3) is 0.462. The van der Waals surface area contributed by atoms with Crippen molar-refractivity contribution in [1.29, 1.82) is 0 Å². The minimum absolute atomic E-state index is 0.0432. The molecule has 0 aromatic carbocycles. The highest BCUT2D eigenvalue weighted by Gasteiger charge is 2.23. The van der Waals surface area contributed by atoms with Gasteiger partial charge in [0.25, 0.3) is 0 Å². The SMILES string of the molecule is Cc1ccnc(NCCNC(=O)CN2CCOC2=O)c1. The van der Waals surface area contributed by atoms with Crippen LogP contribution in [0.25, 0.3) is 0 Å². The zero-order chi connectivity index (χ0) is 14.4. The summed E-state index contributed by atoms with van der Waals surface area (Å²) in [6.45, 7) is 3.90. The molecule has 0 saturated carbocycles. The number of aryl methyl sites for hydroxylation is 1. The van der Waals surface area contributed by atoms with E-state index in [0.29, 0.717) is 26.2 Å². The smallest absolute Gasteiger partial charge is 0.410 e. The molecule has 1 aliphatic heterocycles. The van der Waals surface area contributed by atoms with E-state index in [-0.39, 0.29) is 12.5 Å². The van der Waals surface area contributed by atoms with Crippen LogP contribution in [-0.2, 0) is 9.53 Å². The van der Waals surface area contributed by atoms with Gasteiger partial charge in [0.2, 0.25) is 5.91 Å². The van der Waals surface area contributed by atoms with Crippen LogP contribution in [0.1, 0.15) is 5.56 Å². The summed E-state index contributed by atoms with van der Waals surface area (Å²) in [5.41, 5.74) is 1.12. The number of carbonyl (C=O) groups is 2. The first-order chi connectivity index (χ1) is 9.65. The third kappa shape index (κ3) is 4.11. The number of aromatic nitrogens is 1. The second-order valence-corrected chi connectivity index (χ2v) is 4.53. The number of anilines is 1. The average Bonchev–Trinajstić information content (AvgIpc) is 2.80. The van der Waals surface area contributed by atoms with E-state index < -0.39 is 6.09 Å². The van der Waals surface area contributed by atoms with Crippen LogP contribution in [0.4, 0.5) is 10.6 Å². The summed E-state index contributed by atoms with van der Waals surface area (Å²) in [6.07, 6.45) is 1.30. The Morgan fingerprint density at radius 3 is 3.05 bits per heavy atom. The average molecular weight is 278 g/mol. The first kappa shape index (κ1) is 14.1. The van der Waals surface area contributed by atoms with Crippen LogP contribution < -0.4 is 10.6 Å². The van der Waals surface area contributed by atoms with Crippen molar-refractivity contribution in [2.45, 2.75) is 6.92 Å². The Hall–Kier alpha value is -2.31. The van der Waals surface area contributed by atoms with Crippen molar-refractivity contribution < 1.29 is 14.3 Å². The third-order valence-corrected chi connectivity index (χ3v) is 2.85. The maximum absolute atomic E-state index is 11.6. The van der Waals surface area contributed by atoms with Gasteiger partial charge in [0.05, 0.1) is 6.54 Å². The zero-order valence-corrected chi connectivity index (χ0v) is 11.4. The third-order valence-electron chi connectivity index (χ3n) is 2.85. The lowest BCUT2D eigenvalue weighted by atomic mass is 10.3. The Labute approximate surface area is 117 Å². The number of ether oxygens (including phenoxy) is 1. The van der Waals surface area contributed by atoms with Gasteiger partial charge >= 0.3 is 6.09 Å². The number of amides is 2. The molecule has 108 valence electrons. The van der Waals surface area contributed by atoms with Crippen molar-refractivity contribution in [3.8, 4) is 0 Å². The quantitative estimate of drug-likeness (QED) is 0.735. The van der Waals surface area contributed by atoms with Gasteiger partial charge in [-0.1, -0.05) is 0 Å². The van der Waals surface area contributed by atoms with Crippen LogP contribution in [0.2, 0.25) is 0 Å². The molecule has 1 aliphatic rings. The van der Waals surface area contributed by atoms with Gasteiger partial charge in [-0.15, -0.1) is 0 Å². The molecular weight excluding hydrogens is 260 g/mol. The summed E-state index contributed by atoms with van der Waals surface area (Å²) in [4.78, 5) is 28.3. The maximum Gasteiger partial charge on any atom is 0.410 e. The molecule has 0 spiro atoms. The molecular formula is C13H18N4O3. The lowest BCUT2D eigenvalue weighted by molar-refractivity contribution is -0.121. The second-order valence-electron chi connectivity index (χ2n) is 4.53. The fourth-order valence-corrected chi connectivity index (χ4v) is 1.82. The summed E-state index contributed by atoms with van der Waals surface area (Å²) in [5, 5.41) is 5.85. The van der Waals surface area contributed by atoms with E-state index in [2.05, 4.69) is 15.6 Å². The van der Waals surface area contributed by atoms with Crippen LogP contribution in [-0.4, -0.2) is 54.7 Å². The van der Waals surface area contributed by atoms with Gasteiger partial charge in [-0.05, 0) is 24.6 Å². The highest BCUT2D eigenvalue weighted by molar-refractivity contribution is 5.82. The van der Waals surface area contributed by atoms with Crippen molar-refractivity contribution >= 4 is 17.8 Å². The standard InChI is InChI=1S/C13H18N4O3/c1-10-2-3-14-11(8-10)15-4-5-16-12(18)9-17-6-7-20-13(17)19/h2-3,8H,4-7,9H2,1H3,(H,14,15)(H,16,18). The molecule has 0 aliphatic carbocycles. The van der Waals surface area contributed by atoms with E-state index in [4.69, 9.17) is 4.74 Å². The van der Waals surface area contributed by atoms with Gasteiger partial charge in [0, 0.05) is 19.3 Å². The highest BCUT2D eigenvalue weighted by atomic mass is 16.6. The Balaban J connectivity index is 1.63. The summed E-state index contributed by atoms with van der Waals surface area (Å²) in [7, 11) is 0. The minimum atomic E-state index is -0.428. The molecule has 1 saturated heterocycles. The van der Waals surface area contributed by atoms with Gasteiger partial charge in [-0.3, -0.25) is 9.69 Å². The summed E-state index contributed by atoms with van der Waals surface area (Å²) in [6, 6.07) is 3.85. The molecule has 1 fully saturated rings. The second kappa shape index (κ2) is 6.74. The normalized spacial score (nSPS) is 14.1. The summed E-state index contributed by atoms with van der Waals surface area (Å²) in [5.74, 6) is 0.588. The van der Waals surface area contributed by atoms with E-state index in [9.17, 15) is 9.59 Å². The molecule has 20 heavy (non-hydrogen) atoms. The van der Waals surface area contributed by atoms with Crippen molar-refractivity contribution in [3.05, 3.63) is 23.9 Å². The number of hydrogen-bond donors (Lipinski definition) is 2. The van der Waals surface area contributed by atoms with Crippen LogP contribution >= 0.6 is 0 Å². The van der Waals surface area contributed by atoms with Gasteiger partial charge in [0.15, 0.2) is 0 Å². The van der Waals surface area contributed by atoms with Gasteiger partial charge < -0.3 is 15.4 Å². The predicted molar refractivity (Wildman–Crippen MR) is 73.4 cm³/mol. The largest absolute Gasteiger partial charge is 0.448 e. The Kier molecular flexibility index (Phi) is 4.75. The summed E-state index contributed by atoms with van der Waals surface area (Å²) < 4.78 is 4.75. The zero-order valence-electron chi connectivity index (χ0n) is 11.4. The van der Waals surface area contributed by atoms with Crippen LogP contribution in [0.5, 0.6) is 0 Å². The lowest BCUT2D eigenvalue weighted by Crippen LogP contribution is -2.39. The first-order valence-corrected chi connectivity index (χ1v) is 6.50. The van der Waals surface area contributed by atoms with Gasteiger partial charge in [-0.25, -0.2) is 9.78 Å². The fourth-order valence-electron chi connectivity index (χ4n) is 1.82. The molecule has 2 amide bonds. The van der Waals surface area contributed by atoms with Gasteiger partial charge in [0.1, 0.15) is 19.0 Å². The maximum atomic E-state index is 11.6. The van der Waals surface area contributed by atoms with E-state index in [1.54, 1.807) is 6.20 Å². The van der Waals surface area contributed by atoms with E-state index in [1.165, 1.54) is 4.90 Å². The minimum Gasteiger partial charge on any atom is -0.448 e. The van der Waals surface area contributed by atoms with Crippen molar-refractivity contribution in [1.82, 2.24) is 15.2 Å². The molecule has 7 nitrogen and oxygen atoms in total. The van der Waals surface area contributed by atoms with Crippen LogP contribution in [0, 0.1) is 6.92 Å². The van der Waals surface area contributed by atoms with Gasteiger partial charge in [-0.2, -0.15) is 0 Å². The van der Waals surface area contributed by atoms with Crippen LogP contribution in [0.3, 0.4) is 0 Å². The number of nitrogens with zero attached hydrogens (tertiary/aromatic N) is 2. The molecule has 0 radical (unpaired) electrons. The summed E-state index contributed by atoms with van der Waals surface area (Å²) >= 11 is 0. The predicted octanol–water partition coefficient (Wildman–Crippen LogP) is 0.370. The molecule has 1 aromatic rings. The number of pyridine rings is 1. The molecule has 1 aromatic heterocycles. The molecule has 7 heteroatoms. The first-order valence-electron chi connectivity index (χ1n) is 6.50. The van der Waals surface area contributed by atoms with Crippen molar-refractivity contribution in [3.63, 3.8) is 0 Å². The lowest BCUT2D eigenvalue weighted by Gasteiger charge is -2.12. The monoisotopic (exact) mass is 278 g/mol. The van der Waals surface area contributed by atoms with E-state index in [1.807, 2.05) is 19.1 Å². The topological polar surface area (TPSA) is 83.6 Å². The number of cyclic esters (lactones) is 1. The van der Waals surface area contributed by atoms with E-state index in [0.717, 1.165) is 11.4 Å². The molecule has 0 unspecified atom stereocenters. The highest BCUT2D eigenvalue weighted by Crippen LogP contribution is 2.04. The number of rotatable bonds is 6. The Morgan fingerprint density at radius 2 is 2.35 bits per heavy atom. The van der Waals surface area contributed by atoms with E-state index >= 15 is 0 Å². The Bertz CT molecular complexity index is 492. The molecule has 2 N–H and O–H groups in total. The molecule has 2 rings (SSSR count). The van der Waals surface area contributed by atoms with Crippen molar-refractivity contribution in [2.24, 2.45) is 0 Å². The number of nitrogens with one attached hydrogen (secondary N) is 2. The Morgan fingerprint density at radius 1 is 1.50 bits per heavy atom. The molecule has 2 heterocycles.